The van der Waals surface area contributed by atoms with E-state index in [9.17, 15) is 4.79 Å². The van der Waals surface area contributed by atoms with Crippen molar-refractivity contribution in [3.8, 4) is 0 Å². The largest absolute Gasteiger partial charge is 0.299 e. The minimum atomic E-state index is 0.0928. The van der Waals surface area contributed by atoms with Crippen LogP contribution in [0, 0.1) is 5.92 Å². The topological polar surface area (TPSA) is 32.3 Å². The van der Waals surface area contributed by atoms with Crippen LogP contribution in [0.2, 0.25) is 0 Å². The van der Waals surface area contributed by atoms with Gasteiger partial charge >= 0.3 is 0 Å². The van der Waals surface area contributed by atoms with Crippen molar-refractivity contribution in [2.24, 2.45) is 5.92 Å². The number of piperidine rings is 1. The number of nitrogens with one attached hydrogen (secondary N) is 1. The standard InChI is InChI=1S/C11H21IN2O/c1-10(2)6-8(9(15)13-12)7-11(3,4)14(10)5/h8H,6-7H2,1-5H3,(H,13,15). The van der Waals surface area contributed by atoms with Crippen molar-refractivity contribution in [3.05, 3.63) is 0 Å². The molecular formula is C11H21IN2O. The van der Waals surface area contributed by atoms with E-state index in [1.54, 1.807) is 0 Å². The highest BCUT2D eigenvalue weighted by Gasteiger charge is 2.44. The summed E-state index contributed by atoms with van der Waals surface area (Å²) in [5, 5.41) is 0. The molecule has 1 amide bonds. The lowest BCUT2D eigenvalue weighted by Gasteiger charge is -2.53. The van der Waals surface area contributed by atoms with E-state index in [4.69, 9.17) is 0 Å². The minimum Gasteiger partial charge on any atom is -0.299 e. The van der Waals surface area contributed by atoms with Crippen molar-refractivity contribution < 1.29 is 4.79 Å². The fraction of sp³-hybridized carbons (Fsp3) is 0.909. The highest BCUT2D eigenvalue weighted by molar-refractivity contribution is 14.1. The molecule has 0 aromatic heterocycles. The van der Waals surface area contributed by atoms with E-state index in [1.807, 2.05) is 22.9 Å². The van der Waals surface area contributed by atoms with Gasteiger partial charge in [0.1, 0.15) is 0 Å². The Hall–Kier alpha value is 0.160. The summed E-state index contributed by atoms with van der Waals surface area (Å²) in [5.74, 6) is 0.313. The zero-order valence-corrected chi connectivity index (χ0v) is 12.4. The predicted molar refractivity (Wildman–Crippen MR) is 70.8 cm³/mol. The molecule has 0 radical (unpaired) electrons. The first-order valence-corrected chi connectivity index (χ1v) is 6.43. The number of rotatable bonds is 1. The second-order valence-electron chi connectivity index (χ2n) is 5.75. The lowest BCUT2D eigenvalue weighted by atomic mass is 9.74. The van der Waals surface area contributed by atoms with Gasteiger partial charge in [0.15, 0.2) is 0 Å². The molecule has 1 aliphatic heterocycles. The maximum Gasteiger partial charge on any atom is 0.231 e. The molecule has 0 bridgehead atoms. The van der Waals surface area contributed by atoms with Crippen LogP contribution in [0.25, 0.3) is 0 Å². The van der Waals surface area contributed by atoms with Gasteiger partial charge in [-0.2, -0.15) is 0 Å². The molecule has 3 nitrogen and oxygen atoms in total. The smallest absolute Gasteiger partial charge is 0.231 e. The van der Waals surface area contributed by atoms with Gasteiger partial charge in [-0.3, -0.25) is 13.2 Å². The Morgan fingerprint density at radius 1 is 1.27 bits per heavy atom. The number of amides is 1. The van der Waals surface area contributed by atoms with Crippen molar-refractivity contribution >= 4 is 28.8 Å². The van der Waals surface area contributed by atoms with Crippen LogP contribution < -0.4 is 3.53 Å². The molecule has 1 saturated heterocycles. The number of hydrogen-bond donors (Lipinski definition) is 1. The van der Waals surface area contributed by atoms with Gasteiger partial charge in [0, 0.05) is 17.0 Å². The molecule has 15 heavy (non-hydrogen) atoms. The molecule has 0 atom stereocenters. The summed E-state index contributed by atoms with van der Waals surface area (Å²) in [7, 11) is 2.15. The average molecular weight is 324 g/mol. The van der Waals surface area contributed by atoms with Crippen molar-refractivity contribution in [3.63, 3.8) is 0 Å². The van der Waals surface area contributed by atoms with Crippen molar-refractivity contribution in [2.45, 2.75) is 51.6 Å². The number of halogens is 1. The van der Waals surface area contributed by atoms with Crippen LogP contribution in [-0.2, 0) is 4.79 Å². The molecule has 0 spiro atoms. The predicted octanol–water partition coefficient (Wildman–Crippen LogP) is 2.35. The normalized spacial score (nSPS) is 26.3. The minimum absolute atomic E-state index is 0.0928. The Kier molecular flexibility index (Phi) is 3.70. The molecule has 4 heteroatoms. The zero-order chi connectivity index (χ0) is 11.9. The maximum atomic E-state index is 11.7. The first kappa shape index (κ1) is 13.2. The molecule has 1 heterocycles. The van der Waals surface area contributed by atoms with Crippen LogP contribution in [0.5, 0.6) is 0 Å². The Morgan fingerprint density at radius 2 is 1.67 bits per heavy atom. The molecular weight excluding hydrogens is 303 g/mol. The van der Waals surface area contributed by atoms with Gasteiger partial charge in [0.25, 0.3) is 0 Å². The molecule has 0 aromatic rings. The van der Waals surface area contributed by atoms with Crippen LogP contribution >= 0.6 is 22.9 Å². The summed E-state index contributed by atoms with van der Waals surface area (Å²) in [6.45, 7) is 8.84. The third-order valence-corrected chi connectivity index (χ3v) is 4.30. The van der Waals surface area contributed by atoms with E-state index < -0.39 is 0 Å². The van der Waals surface area contributed by atoms with Gasteiger partial charge in [-0.25, -0.2) is 0 Å². The van der Waals surface area contributed by atoms with E-state index >= 15 is 0 Å². The third-order valence-electron chi connectivity index (χ3n) is 3.77. The second-order valence-corrected chi connectivity index (χ2v) is 6.29. The van der Waals surface area contributed by atoms with E-state index in [-0.39, 0.29) is 22.9 Å². The molecule has 0 aromatic carbocycles. The maximum absolute atomic E-state index is 11.7. The fourth-order valence-corrected chi connectivity index (χ4v) is 3.07. The third kappa shape index (κ3) is 2.64. The summed E-state index contributed by atoms with van der Waals surface area (Å²) in [6, 6.07) is 0. The summed E-state index contributed by atoms with van der Waals surface area (Å²) < 4.78 is 2.74. The Balaban J connectivity index is 2.89. The van der Waals surface area contributed by atoms with Crippen LogP contribution in [0.3, 0.4) is 0 Å². The first-order valence-electron chi connectivity index (χ1n) is 5.35. The van der Waals surface area contributed by atoms with E-state index in [2.05, 4.69) is 43.2 Å². The summed E-state index contributed by atoms with van der Waals surface area (Å²) >= 11 is 1.93. The molecule has 1 rings (SSSR count). The molecule has 1 fully saturated rings. The van der Waals surface area contributed by atoms with Crippen molar-refractivity contribution in [2.75, 3.05) is 7.05 Å². The monoisotopic (exact) mass is 324 g/mol. The molecule has 0 saturated carbocycles. The number of nitrogens with zero attached hydrogens (tertiary/aromatic N) is 1. The first-order chi connectivity index (χ1) is 6.70. The van der Waals surface area contributed by atoms with Gasteiger partial charge in [-0.15, -0.1) is 0 Å². The van der Waals surface area contributed by atoms with Crippen molar-refractivity contribution in [1.82, 2.24) is 8.43 Å². The molecule has 0 aliphatic carbocycles. The van der Waals surface area contributed by atoms with Gasteiger partial charge in [-0.05, 0) is 47.6 Å². The van der Waals surface area contributed by atoms with Gasteiger partial charge < -0.3 is 0 Å². The van der Waals surface area contributed by atoms with Crippen LogP contribution in [0.4, 0.5) is 0 Å². The molecule has 88 valence electrons. The Morgan fingerprint density at radius 3 is 2.00 bits per heavy atom. The van der Waals surface area contributed by atoms with E-state index in [0.29, 0.717) is 0 Å². The molecule has 0 unspecified atom stereocenters. The van der Waals surface area contributed by atoms with Gasteiger partial charge in [0.05, 0.1) is 22.9 Å². The fourth-order valence-electron chi connectivity index (χ4n) is 2.63. The SMILES string of the molecule is CN1C(C)(C)CC(C(=O)NI)CC1(C)C. The van der Waals surface area contributed by atoms with Crippen LogP contribution in [-0.4, -0.2) is 28.9 Å². The number of likely N-dealkylation sites (tertiary alicyclic amines) is 1. The Bertz CT molecular complexity index is 245. The second kappa shape index (κ2) is 4.20. The average Bonchev–Trinajstić information content (AvgIpc) is 2.11. The highest BCUT2D eigenvalue weighted by atomic mass is 127. The lowest BCUT2D eigenvalue weighted by molar-refractivity contribution is -0.129. The molecule has 1 N–H and O–H groups in total. The van der Waals surface area contributed by atoms with Crippen LogP contribution in [0.1, 0.15) is 40.5 Å². The quantitative estimate of drug-likeness (QED) is 0.593. The lowest BCUT2D eigenvalue weighted by Crippen LogP contribution is -2.60. The summed E-state index contributed by atoms with van der Waals surface area (Å²) in [4.78, 5) is 14.1. The van der Waals surface area contributed by atoms with E-state index in [0.717, 1.165) is 12.8 Å². The number of carbonyl (C=O) groups excluding carboxylic acids is 1. The van der Waals surface area contributed by atoms with E-state index in [1.165, 1.54) is 0 Å². The van der Waals surface area contributed by atoms with Crippen molar-refractivity contribution in [1.29, 1.82) is 0 Å². The van der Waals surface area contributed by atoms with Gasteiger partial charge in [0.2, 0.25) is 5.91 Å². The summed E-state index contributed by atoms with van der Waals surface area (Å²) in [6.07, 6.45) is 1.86. The zero-order valence-electron chi connectivity index (χ0n) is 10.2. The van der Waals surface area contributed by atoms with Gasteiger partial charge in [-0.1, -0.05) is 0 Å². The summed E-state index contributed by atoms with van der Waals surface area (Å²) in [5.41, 5.74) is 0.186. The Labute approximate surface area is 106 Å². The number of hydrogen-bond acceptors (Lipinski definition) is 2. The highest BCUT2D eigenvalue weighted by Crippen LogP contribution is 2.40. The number of carbonyl (C=O) groups is 1. The van der Waals surface area contributed by atoms with Crippen LogP contribution in [0.15, 0.2) is 0 Å². The molecule has 1 aliphatic rings.